The number of hydrogen-bond acceptors (Lipinski definition) is 4. The number of aliphatic hydroxyl groups is 1. The molecular formula is C12H23NO2S. The molecule has 2 atom stereocenters. The van der Waals surface area contributed by atoms with Gasteiger partial charge >= 0.3 is 0 Å². The molecule has 94 valence electrons. The van der Waals surface area contributed by atoms with Gasteiger partial charge in [-0.2, -0.15) is 11.8 Å². The standard InChI is InChI=1S/C12H23NO2S/c1-11(2)4-6-16-7-10(11)13-8-12(14)3-5-15-9-12/h10,13-14H,3-9H2,1-2H3. The molecule has 0 spiro atoms. The summed E-state index contributed by atoms with van der Waals surface area (Å²) in [4.78, 5) is 0. The molecule has 2 aliphatic rings. The van der Waals surface area contributed by atoms with E-state index in [2.05, 4.69) is 19.2 Å². The normalized spacial score (nSPS) is 38.8. The molecule has 16 heavy (non-hydrogen) atoms. The van der Waals surface area contributed by atoms with Crippen LogP contribution in [-0.2, 0) is 4.74 Å². The lowest BCUT2D eigenvalue weighted by Crippen LogP contribution is -2.52. The van der Waals surface area contributed by atoms with Crippen LogP contribution in [0.4, 0.5) is 0 Å². The first-order valence-electron chi connectivity index (χ1n) is 6.13. The summed E-state index contributed by atoms with van der Waals surface area (Å²) in [5.74, 6) is 2.42. The summed E-state index contributed by atoms with van der Waals surface area (Å²) in [6, 6.07) is 0.510. The fourth-order valence-electron chi connectivity index (χ4n) is 2.32. The highest BCUT2D eigenvalue weighted by molar-refractivity contribution is 7.99. The zero-order valence-electron chi connectivity index (χ0n) is 10.3. The Morgan fingerprint density at radius 2 is 2.25 bits per heavy atom. The van der Waals surface area contributed by atoms with Gasteiger partial charge in [0.25, 0.3) is 0 Å². The van der Waals surface area contributed by atoms with Crippen LogP contribution in [0.15, 0.2) is 0 Å². The van der Waals surface area contributed by atoms with E-state index in [1.165, 1.54) is 12.2 Å². The van der Waals surface area contributed by atoms with Crippen molar-refractivity contribution in [1.29, 1.82) is 0 Å². The average Bonchev–Trinajstić information content (AvgIpc) is 2.64. The highest BCUT2D eigenvalue weighted by atomic mass is 32.2. The topological polar surface area (TPSA) is 41.5 Å². The van der Waals surface area contributed by atoms with Crippen molar-refractivity contribution in [3.8, 4) is 0 Å². The van der Waals surface area contributed by atoms with Gasteiger partial charge in [-0.05, 0) is 17.6 Å². The minimum atomic E-state index is -0.627. The molecule has 0 aromatic heterocycles. The van der Waals surface area contributed by atoms with Crippen LogP contribution >= 0.6 is 11.8 Å². The van der Waals surface area contributed by atoms with Crippen LogP contribution in [0.2, 0.25) is 0 Å². The lowest BCUT2D eigenvalue weighted by atomic mass is 9.82. The van der Waals surface area contributed by atoms with Gasteiger partial charge in [0.1, 0.15) is 5.60 Å². The first kappa shape index (κ1) is 12.7. The van der Waals surface area contributed by atoms with Crippen molar-refractivity contribution in [2.75, 3.05) is 31.3 Å². The average molecular weight is 245 g/mol. The van der Waals surface area contributed by atoms with Gasteiger partial charge in [-0.15, -0.1) is 0 Å². The summed E-state index contributed by atoms with van der Waals surface area (Å²) in [6.07, 6.45) is 2.02. The zero-order valence-corrected chi connectivity index (χ0v) is 11.1. The van der Waals surface area contributed by atoms with Gasteiger partial charge in [-0.1, -0.05) is 13.8 Å². The Hall–Kier alpha value is 0.230. The van der Waals surface area contributed by atoms with Crippen molar-refractivity contribution in [3.63, 3.8) is 0 Å². The molecule has 0 aliphatic carbocycles. The highest BCUT2D eigenvalue weighted by Gasteiger charge is 2.36. The van der Waals surface area contributed by atoms with Crippen LogP contribution in [-0.4, -0.2) is 48.0 Å². The molecule has 0 bridgehead atoms. The van der Waals surface area contributed by atoms with Crippen LogP contribution in [0.1, 0.15) is 26.7 Å². The quantitative estimate of drug-likeness (QED) is 0.785. The second kappa shape index (κ2) is 4.84. The van der Waals surface area contributed by atoms with E-state index in [-0.39, 0.29) is 0 Å². The lowest BCUT2D eigenvalue weighted by molar-refractivity contribution is 0.0213. The third-order valence-corrected chi connectivity index (χ3v) is 4.94. The number of rotatable bonds is 3. The van der Waals surface area contributed by atoms with Crippen molar-refractivity contribution in [3.05, 3.63) is 0 Å². The maximum atomic E-state index is 10.2. The fraction of sp³-hybridized carbons (Fsp3) is 1.00. The molecule has 2 N–H and O–H groups in total. The highest BCUT2D eigenvalue weighted by Crippen LogP contribution is 2.34. The molecule has 2 unspecified atom stereocenters. The van der Waals surface area contributed by atoms with Crippen molar-refractivity contribution < 1.29 is 9.84 Å². The van der Waals surface area contributed by atoms with E-state index in [0.717, 1.165) is 12.2 Å². The van der Waals surface area contributed by atoms with Crippen LogP contribution in [0.3, 0.4) is 0 Å². The van der Waals surface area contributed by atoms with E-state index in [1.54, 1.807) is 0 Å². The van der Waals surface area contributed by atoms with Gasteiger partial charge in [0.05, 0.1) is 6.61 Å². The van der Waals surface area contributed by atoms with Gasteiger partial charge < -0.3 is 15.2 Å². The number of nitrogens with one attached hydrogen (secondary N) is 1. The van der Waals surface area contributed by atoms with Crippen molar-refractivity contribution >= 4 is 11.8 Å². The monoisotopic (exact) mass is 245 g/mol. The smallest absolute Gasteiger partial charge is 0.102 e. The van der Waals surface area contributed by atoms with Crippen LogP contribution in [0.25, 0.3) is 0 Å². The number of hydrogen-bond donors (Lipinski definition) is 2. The van der Waals surface area contributed by atoms with Crippen LogP contribution in [0.5, 0.6) is 0 Å². The molecule has 0 aromatic carbocycles. The van der Waals surface area contributed by atoms with E-state index in [0.29, 0.717) is 31.2 Å². The summed E-state index contributed by atoms with van der Waals surface area (Å²) in [5.41, 5.74) is -0.279. The number of thioether (sulfide) groups is 1. The number of ether oxygens (including phenoxy) is 1. The first-order chi connectivity index (χ1) is 7.52. The Morgan fingerprint density at radius 3 is 2.88 bits per heavy atom. The minimum absolute atomic E-state index is 0.348. The Balaban J connectivity index is 1.84. The molecule has 3 nitrogen and oxygen atoms in total. The predicted octanol–water partition coefficient (Wildman–Crippen LogP) is 1.26. The van der Waals surface area contributed by atoms with Crippen molar-refractivity contribution in [1.82, 2.24) is 5.32 Å². The largest absolute Gasteiger partial charge is 0.386 e. The van der Waals surface area contributed by atoms with Gasteiger partial charge in [0.2, 0.25) is 0 Å². The van der Waals surface area contributed by atoms with Crippen molar-refractivity contribution in [2.24, 2.45) is 5.41 Å². The maximum Gasteiger partial charge on any atom is 0.102 e. The van der Waals surface area contributed by atoms with Crippen LogP contribution < -0.4 is 5.32 Å². The summed E-state index contributed by atoms with van der Waals surface area (Å²) < 4.78 is 5.26. The van der Waals surface area contributed by atoms with Gasteiger partial charge in [-0.3, -0.25) is 0 Å². The zero-order chi connectivity index (χ0) is 11.6. The Labute approximate surface area is 102 Å². The Morgan fingerprint density at radius 1 is 1.44 bits per heavy atom. The van der Waals surface area contributed by atoms with Gasteiger partial charge in [-0.25, -0.2) is 0 Å². The fourth-order valence-corrected chi connectivity index (χ4v) is 3.96. The van der Waals surface area contributed by atoms with Gasteiger partial charge in [0, 0.05) is 31.4 Å². The molecule has 2 rings (SSSR count). The summed E-state index contributed by atoms with van der Waals surface area (Å²) in [5, 5.41) is 13.7. The summed E-state index contributed by atoms with van der Waals surface area (Å²) in [6.45, 7) is 6.49. The molecule has 0 saturated carbocycles. The third-order valence-electron chi connectivity index (χ3n) is 3.88. The van der Waals surface area contributed by atoms with Crippen LogP contribution in [0, 0.1) is 5.41 Å². The molecule has 2 fully saturated rings. The molecule has 2 aliphatic heterocycles. The van der Waals surface area contributed by atoms with E-state index in [9.17, 15) is 5.11 Å². The molecular weight excluding hydrogens is 222 g/mol. The Bertz CT molecular complexity index is 239. The Kier molecular flexibility index (Phi) is 3.84. The van der Waals surface area contributed by atoms with Gasteiger partial charge in [0.15, 0.2) is 0 Å². The molecule has 0 amide bonds. The maximum absolute atomic E-state index is 10.2. The van der Waals surface area contributed by atoms with E-state index in [1.807, 2.05) is 11.8 Å². The molecule has 4 heteroatoms. The molecule has 2 saturated heterocycles. The van der Waals surface area contributed by atoms with E-state index >= 15 is 0 Å². The first-order valence-corrected chi connectivity index (χ1v) is 7.29. The predicted molar refractivity (Wildman–Crippen MR) is 67.9 cm³/mol. The van der Waals surface area contributed by atoms with E-state index in [4.69, 9.17) is 4.74 Å². The lowest BCUT2D eigenvalue weighted by Gasteiger charge is -2.40. The van der Waals surface area contributed by atoms with Crippen molar-refractivity contribution in [2.45, 2.75) is 38.3 Å². The molecule has 0 aromatic rings. The summed E-state index contributed by atoms with van der Waals surface area (Å²) >= 11 is 2.01. The molecule has 2 heterocycles. The molecule has 0 radical (unpaired) electrons. The summed E-state index contributed by atoms with van der Waals surface area (Å²) in [7, 11) is 0. The van der Waals surface area contributed by atoms with E-state index < -0.39 is 5.60 Å². The second-order valence-corrected chi connectivity index (χ2v) is 6.92. The SMILES string of the molecule is CC1(C)CCSCC1NCC1(O)CCOC1. The third kappa shape index (κ3) is 2.92. The minimum Gasteiger partial charge on any atom is -0.386 e. The second-order valence-electron chi connectivity index (χ2n) is 5.77.